The Kier molecular flexibility index (Phi) is 9.47. The number of aliphatic hydroxyl groups excluding tert-OH is 1. The van der Waals surface area contributed by atoms with E-state index in [1.165, 1.54) is 17.1 Å². The fourth-order valence-electron chi connectivity index (χ4n) is 2.11. The lowest BCUT2D eigenvalue weighted by molar-refractivity contribution is -0.137. The summed E-state index contributed by atoms with van der Waals surface area (Å²) < 4.78 is 36.4. The molecule has 0 bridgehead atoms. The molecular formula is C17H20Cl2F3N5O2. The highest BCUT2D eigenvalue weighted by Gasteiger charge is 2.32. The van der Waals surface area contributed by atoms with Crippen molar-refractivity contribution in [2.45, 2.75) is 13.1 Å². The molecule has 0 saturated heterocycles. The summed E-state index contributed by atoms with van der Waals surface area (Å²) >= 11 is 11.2. The number of hydrogen-bond donors (Lipinski definition) is 4. The van der Waals surface area contributed by atoms with Crippen molar-refractivity contribution in [2.75, 3.05) is 19.3 Å². The van der Waals surface area contributed by atoms with Crippen LogP contribution in [0.2, 0.25) is 10.0 Å². The first-order chi connectivity index (χ1) is 13.5. The van der Waals surface area contributed by atoms with Gasteiger partial charge in [-0.2, -0.15) is 18.3 Å². The summed E-state index contributed by atoms with van der Waals surface area (Å²) in [4.78, 5) is 4.68. The van der Waals surface area contributed by atoms with Gasteiger partial charge in [0, 0.05) is 17.6 Å². The monoisotopic (exact) mass is 453 g/mol. The number of rotatable bonds is 4. The third-order valence-electron chi connectivity index (χ3n) is 3.35. The van der Waals surface area contributed by atoms with Gasteiger partial charge in [-0.25, -0.2) is 10.7 Å². The summed E-state index contributed by atoms with van der Waals surface area (Å²) in [5.74, 6) is 11.2. The lowest BCUT2D eigenvalue weighted by Gasteiger charge is -2.17. The maximum Gasteiger partial charge on any atom is 0.417 e. The molecule has 0 aliphatic rings. The van der Waals surface area contributed by atoms with Gasteiger partial charge in [-0.05, 0) is 37.3 Å². The molecule has 160 valence electrons. The molecule has 6 N–H and O–H groups in total. The lowest BCUT2D eigenvalue weighted by Crippen LogP contribution is -2.35. The fraction of sp³-hybridized carbons (Fsp3) is 0.235. The van der Waals surface area contributed by atoms with E-state index in [9.17, 15) is 13.2 Å². The second kappa shape index (κ2) is 11.1. The number of hydrazone groups is 1. The minimum absolute atomic E-state index is 0.256. The minimum Gasteiger partial charge on any atom is -0.368 e. The summed E-state index contributed by atoms with van der Waals surface area (Å²) in [6.07, 6.45) is -4.36. The molecule has 0 aliphatic carbocycles. The summed E-state index contributed by atoms with van der Waals surface area (Å²) in [7, 11) is 1.59. The Morgan fingerprint density at radius 2 is 1.90 bits per heavy atom. The van der Waals surface area contributed by atoms with Crippen molar-refractivity contribution in [1.82, 2.24) is 5.01 Å². The number of aryl methyl sites for hydroxylation is 1. The summed E-state index contributed by atoms with van der Waals surface area (Å²) in [5, 5.41) is 13.7. The van der Waals surface area contributed by atoms with E-state index in [0.717, 1.165) is 6.07 Å². The van der Waals surface area contributed by atoms with Crippen molar-refractivity contribution in [3.8, 4) is 0 Å². The van der Waals surface area contributed by atoms with Crippen LogP contribution in [0.1, 0.15) is 16.7 Å². The minimum atomic E-state index is -4.36. The number of hydrogen-bond acceptors (Lipinski definition) is 6. The van der Waals surface area contributed by atoms with Crippen molar-refractivity contribution < 1.29 is 23.1 Å². The van der Waals surface area contributed by atoms with Gasteiger partial charge in [-0.15, -0.1) is 0 Å². The molecule has 0 radical (unpaired) electrons. The number of nitrogens with one attached hydrogen (secondary N) is 1. The van der Waals surface area contributed by atoms with E-state index in [4.69, 9.17) is 40.0 Å². The van der Waals surface area contributed by atoms with E-state index in [2.05, 4.69) is 15.4 Å². The fourth-order valence-corrected chi connectivity index (χ4v) is 2.51. The first-order valence-corrected chi connectivity index (χ1v) is 8.65. The Labute approximate surface area is 175 Å². The standard InChI is InChI=1S/C9H14ClN5O2.C8H6ClF3/c1-15(12)9(13-11)7-3-2-6(10)4-8(7)14-17-5-16;1-5-2-3-7(9)6(4-5)8(10,11)12/h2-4,14,16H,5,11-12H2,1H3;2-4H,1H3/b13-9-;. The van der Waals surface area contributed by atoms with Gasteiger partial charge in [0.2, 0.25) is 0 Å². The lowest BCUT2D eigenvalue weighted by atomic mass is 10.1. The number of benzene rings is 2. The molecule has 29 heavy (non-hydrogen) atoms. The molecule has 0 saturated carbocycles. The van der Waals surface area contributed by atoms with Crippen LogP contribution in [-0.4, -0.2) is 29.8 Å². The van der Waals surface area contributed by atoms with Crippen LogP contribution in [0, 0.1) is 6.92 Å². The predicted molar refractivity (Wildman–Crippen MR) is 107 cm³/mol. The molecule has 0 atom stereocenters. The zero-order valence-electron chi connectivity index (χ0n) is 15.5. The number of aliphatic hydroxyl groups is 1. The first kappa shape index (κ1) is 24.8. The Morgan fingerprint density at radius 1 is 1.24 bits per heavy atom. The molecule has 2 aromatic carbocycles. The quantitative estimate of drug-likeness (QED) is 0.184. The number of hydrazine groups is 1. The molecule has 0 fully saturated rings. The largest absolute Gasteiger partial charge is 0.417 e. The predicted octanol–water partition coefficient (Wildman–Crippen LogP) is 3.73. The van der Waals surface area contributed by atoms with E-state index in [0.29, 0.717) is 27.7 Å². The number of halogens is 5. The summed E-state index contributed by atoms with van der Waals surface area (Å²) in [6, 6.07) is 8.76. The second-order valence-electron chi connectivity index (χ2n) is 5.61. The maximum atomic E-state index is 12.1. The SMILES string of the molecule is CN(N)/C(=N\N)c1ccc(Cl)cc1NOCO.Cc1ccc(Cl)c(C(F)(F)F)c1. The van der Waals surface area contributed by atoms with Crippen molar-refractivity contribution in [3.05, 3.63) is 63.1 Å². The van der Waals surface area contributed by atoms with Crippen molar-refractivity contribution in [2.24, 2.45) is 16.8 Å². The Morgan fingerprint density at radius 3 is 2.38 bits per heavy atom. The van der Waals surface area contributed by atoms with E-state index < -0.39 is 18.5 Å². The van der Waals surface area contributed by atoms with Gasteiger partial charge in [-0.3, -0.25) is 10.5 Å². The third kappa shape index (κ3) is 7.59. The molecule has 0 aromatic heterocycles. The van der Waals surface area contributed by atoms with Crippen LogP contribution < -0.4 is 17.2 Å². The third-order valence-corrected chi connectivity index (χ3v) is 3.92. The van der Waals surface area contributed by atoms with E-state index in [1.807, 2.05) is 0 Å². The van der Waals surface area contributed by atoms with Crippen LogP contribution in [0.25, 0.3) is 0 Å². The molecular weight excluding hydrogens is 434 g/mol. The highest BCUT2D eigenvalue weighted by Crippen LogP contribution is 2.34. The number of nitrogens with zero attached hydrogens (tertiary/aromatic N) is 2. The zero-order valence-corrected chi connectivity index (χ0v) is 17.0. The van der Waals surface area contributed by atoms with Gasteiger partial charge in [-0.1, -0.05) is 34.8 Å². The molecule has 0 heterocycles. The van der Waals surface area contributed by atoms with E-state index >= 15 is 0 Å². The number of anilines is 1. The van der Waals surface area contributed by atoms with Gasteiger partial charge < -0.3 is 10.9 Å². The summed E-state index contributed by atoms with van der Waals surface area (Å²) in [6.45, 7) is 1.10. The smallest absolute Gasteiger partial charge is 0.368 e. The van der Waals surface area contributed by atoms with Crippen LogP contribution >= 0.6 is 23.2 Å². The average Bonchev–Trinajstić information content (AvgIpc) is 2.63. The van der Waals surface area contributed by atoms with Gasteiger partial charge in [0.1, 0.15) is 0 Å². The zero-order chi connectivity index (χ0) is 22.2. The van der Waals surface area contributed by atoms with Gasteiger partial charge in [0.05, 0.1) is 16.3 Å². The molecule has 0 spiro atoms. The Balaban J connectivity index is 0.000000308. The number of amidine groups is 1. The molecule has 2 aromatic rings. The highest BCUT2D eigenvalue weighted by atomic mass is 35.5. The molecule has 7 nitrogen and oxygen atoms in total. The van der Waals surface area contributed by atoms with Crippen molar-refractivity contribution >= 4 is 34.7 Å². The van der Waals surface area contributed by atoms with E-state index in [1.54, 1.807) is 32.2 Å². The molecule has 0 amide bonds. The maximum absolute atomic E-state index is 12.1. The number of nitrogens with two attached hydrogens (primary N) is 2. The normalized spacial score (nSPS) is 11.6. The van der Waals surface area contributed by atoms with Crippen LogP contribution in [-0.2, 0) is 11.0 Å². The number of alkyl halides is 3. The van der Waals surface area contributed by atoms with Gasteiger partial charge in [0.25, 0.3) is 0 Å². The van der Waals surface area contributed by atoms with Crippen molar-refractivity contribution in [1.29, 1.82) is 0 Å². The van der Waals surface area contributed by atoms with Gasteiger partial charge in [0.15, 0.2) is 12.6 Å². The van der Waals surface area contributed by atoms with Crippen molar-refractivity contribution in [3.63, 3.8) is 0 Å². The first-order valence-electron chi connectivity index (χ1n) is 7.89. The Bertz CT molecular complexity index is 848. The highest BCUT2D eigenvalue weighted by molar-refractivity contribution is 6.31. The second-order valence-corrected chi connectivity index (χ2v) is 6.45. The van der Waals surface area contributed by atoms with Crippen LogP contribution in [0.4, 0.5) is 18.9 Å². The van der Waals surface area contributed by atoms with E-state index in [-0.39, 0.29) is 5.02 Å². The topological polar surface area (TPSA) is 109 Å². The summed E-state index contributed by atoms with van der Waals surface area (Å²) in [5.41, 5.74) is 3.38. The van der Waals surface area contributed by atoms with Crippen LogP contribution in [0.3, 0.4) is 0 Å². The van der Waals surface area contributed by atoms with Crippen LogP contribution in [0.5, 0.6) is 0 Å². The average molecular weight is 454 g/mol. The molecule has 0 aliphatic heterocycles. The Hall–Kier alpha value is -2.24. The van der Waals surface area contributed by atoms with Gasteiger partial charge >= 0.3 is 6.18 Å². The molecule has 2 rings (SSSR count). The van der Waals surface area contributed by atoms with Crippen LogP contribution in [0.15, 0.2) is 41.5 Å². The molecule has 12 heteroatoms. The molecule has 0 unspecified atom stereocenters.